The van der Waals surface area contributed by atoms with E-state index in [1.165, 1.54) is 18.6 Å². The van der Waals surface area contributed by atoms with E-state index in [1.807, 2.05) is 44.2 Å². The number of Topliss-reactive ketones (excluding diaryl/α,β-unsaturated/α-hetero) is 1. The molecule has 3 heterocycles. The maximum Gasteiger partial charge on any atom is 0.499 e. The van der Waals surface area contributed by atoms with Gasteiger partial charge in [-0.3, -0.25) is 24.2 Å². The molecule has 2 unspecified atom stereocenters. The van der Waals surface area contributed by atoms with Crippen LogP contribution in [0.5, 0.6) is 0 Å². The first-order valence-electron chi connectivity index (χ1n) is 11.7. The number of fused-ring (bicyclic) bond motifs is 2. The van der Waals surface area contributed by atoms with Crippen LogP contribution in [0.4, 0.5) is 0 Å². The molecule has 1 amide bonds. The van der Waals surface area contributed by atoms with Gasteiger partial charge in [0.25, 0.3) is 17.8 Å². The Balaban J connectivity index is 1.58. The SMILES string of the molecule is CC(C)CC(CC(=O)[C@H](Cc1ccccc1)NC(=O)c1cnccn1)[B-]12OC(=O)C[C@@H](O1)C(=O)O2. The molecule has 4 atom stereocenters. The van der Waals surface area contributed by atoms with Crippen molar-refractivity contribution in [1.82, 2.24) is 15.3 Å². The molecule has 0 spiro atoms. The fraction of sp³-hybridized carbons (Fsp3) is 0.417. The first-order valence-corrected chi connectivity index (χ1v) is 11.7. The standard InChI is InChI=1S/C24H27BN3O7/c1-15(2)10-17(25-33-21(24(32)35-25)13-22(30)34-25)12-20(29)18(11-16-6-4-3-5-7-16)28-23(31)19-14-26-8-9-27-19/h3-9,14-15,17-18,21H,10-13H2,1-2H3,(H,28,31)/q-1/t17?,18-,21+,25?/m0/s1. The molecular weight excluding hydrogens is 453 g/mol. The van der Waals surface area contributed by atoms with Crippen molar-refractivity contribution in [3.8, 4) is 0 Å². The second kappa shape index (κ2) is 10.3. The molecule has 2 aliphatic rings. The van der Waals surface area contributed by atoms with Crippen molar-refractivity contribution in [2.45, 2.75) is 57.5 Å². The highest BCUT2D eigenvalue weighted by Crippen LogP contribution is 2.43. The Kier molecular flexibility index (Phi) is 7.25. The third-order valence-corrected chi connectivity index (χ3v) is 6.13. The summed E-state index contributed by atoms with van der Waals surface area (Å²) >= 11 is 0. The molecular formula is C24H27BN3O7-. The molecule has 184 valence electrons. The predicted molar refractivity (Wildman–Crippen MR) is 124 cm³/mol. The lowest BCUT2D eigenvalue weighted by atomic mass is 9.57. The summed E-state index contributed by atoms with van der Waals surface area (Å²) in [5.41, 5.74) is 0.930. The second-order valence-electron chi connectivity index (χ2n) is 9.32. The van der Waals surface area contributed by atoms with Crippen molar-refractivity contribution >= 4 is 30.4 Å². The third-order valence-electron chi connectivity index (χ3n) is 6.13. The lowest BCUT2D eigenvalue weighted by Crippen LogP contribution is -2.53. The molecule has 2 fully saturated rings. The van der Waals surface area contributed by atoms with E-state index < -0.39 is 42.6 Å². The van der Waals surface area contributed by atoms with Crippen LogP contribution in [0, 0.1) is 5.92 Å². The molecule has 2 aliphatic heterocycles. The topological polar surface area (TPSA) is 134 Å². The summed E-state index contributed by atoms with van der Waals surface area (Å²) in [6.45, 7) is 1.13. The summed E-state index contributed by atoms with van der Waals surface area (Å²) in [5, 5.41) is 2.76. The average Bonchev–Trinajstić information content (AvgIpc) is 3.07. The number of carbonyl (C=O) groups is 4. The van der Waals surface area contributed by atoms with Gasteiger partial charge in [-0.1, -0.05) is 56.4 Å². The number of hydrogen-bond donors (Lipinski definition) is 1. The van der Waals surface area contributed by atoms with Crippen LogP contribution < -0.4 is 5.32 Å². The molecule has 2 bridgehead atoms. The monoisotopic (exact) mass is 480 g/mol. The van der Waals surface area contributed by atoms with Gasteiger partial charge in [0.15, 0.2) is 5.78 Å². The van der Waals surface area contributed by atoms with Gasteiger partial charge in [-0.15, -0.1) is 0 Å². The Bertz CT molecular complexity index is 1090. The van der Waals surface area contributed by atoms with E-state index in [9.17, 15) is 19.2 Å². The molecule has 2 aromatic rings. The highest BCUT2D eigenvalue weighted by Gasteiger charge is 2.56. The highest BCUT2D eigenvalue weighted by atomic mass is 16.8. The normalized spacial score (nSPS) is 22.8. The number of benzene rings is 1. The Morgan fingerprint density at radius 2 is 1.91 bits per heavy atom. The molecule has 0 aliphatic carbocycles. The number of rotatable bonds is 10. The van der Waals surface area contributed by atoms with Crippen LogP contribution in [0.3, 0.4) is 0 Å². The molecule has 1 aromatic heterocycles. The maximum absolute atomic E-state index is 13.6. The lowest BCUT2D eigenvalue weighted by molar-refractivity contribution is -0.145. The number of aromatic nitrogens is 2. The van der Waals surface area contributed by atoms with Gasteiger partial charge in [0.2, 0.25) is 0 Å². The van der Waals surface area contributed by atoms with E-state index in [1.54, 1.807) is 0 Å². The zero-order valence-electron chi connectivity index (χ0n) is 19.6. The third kappa shape index (κ3) is 5.73. The number of nitrogens with zero attached hydrogens (tertiary/aromatic N) is 2. The molecule has 11 heteroatoms. The zero-order chi connectivity index (χ0) is 25.0. The fourth-order valence-electron chi connectivity index (χ4n) is 4.56. The minimum atomic E-state index is -2.76. The van der Waals surface area contributed by atoms with E-state index in [0.717, 1.165) is 5.56 Å². The summed E-state index contributed by atoms with van der Waals surface area (Å²) in [5.74, 6) is -2.69. The van der Waals surface area contributed by atoms with Crippen LogP contribution in [0.25, 0.3) is 0 Å². The van der Waals surface area contributed by atoms with Crippen molar-refractivity contribution in [3.05, 3.63) is 60.2 Å². The predicted octanol–water partition coefficient (Wildman–Crippen LogP) is 2.02. The van der Waals surface area contributed by atoms with Gasteiger partial charge in [0.1, 0.15) is 11.8 Å². The molecule has 0 saturated carbocycles. The Morgan fingerprint density at radius 1 is 1.14 bits per heavy atom. The van der Waals surface area contributed by atoms with Crippen molar-refractivity contribution in [2.24, 2.45) is 5.92 Å². The van der Waals surface area contributed by atoms with Gasteiger partial charge in [-0.05, 0) is 24.3 Å². The van der Waals surface area contributed by atoms with Gasteiger partial charge in [0.05, 0.1) is 18.7 Å². The smallest absolute Gasteiger partial charge is 0.499 e. The van der Waals surface area contributed by atoms with Crippen molar-refractivity contribution in [3.63, 3.8) is 0 Å². The van der Waals surface area contributed by atoms with Crippen LogP contribution in [0.1, 0.15) is 49.2 Å². The number of hydrogen-bond acceptors (Lipinski definition) is 9. The molecule has 2 saturated heterocycles. The molecule has 0 radical (unpaired) electrons. The highest BCUT2D eigenvalue weighted by molar-refractivity contribution is 6.68. The summed E-state index contributed by atoms with van der Waals surface area (Å²) < 4.78 is 16.7. The van der Waals surface area contributed by atoms with Gasteiger partial charge in [0, 0.05) is 12.4 Å². The first-order chi connectivity index (χ1) is 16.8. The van der Waals surface area contributed by atoms with Crippen LogP contribution in [-0.4, -0.2) is 52.5 Å². The average molecular weight is 480 g/mol. The Labute approximate surface area is 202 Å². The minimum Gasteiger partial charge on any atom is -0.633 e. The number of amides is 1. The molecule has 1 N–H and O–H groups in total. The number of carbonyl (C=O) groups excluding carboxylic acids is 4. The van der Waals surface area contributed by atoms with E-state index in [2.05, 4.69) is 15.3 Å². The molecule has 1 aromatic carbocycles. The van der Waals surface area contributed by atoms with Crippen LogP contribution in [0.15, 0.2) is 48.9 Å². The Morgan fingerprint density at radius 3 is 2.60 bits per heavy atom. The number of nitrogens with one attached hydrogen (secondary N) is 1. The van der Waals surface area contributed by atoms with Crippen LogP contribution in [0.2, 0.25) is 5.82 Å². The minimum absolute atomic E-state index is 0.0806. The Hall–Kier alpha value is -3.60. The molecule has 35 heavy (non-hydrogen) atoms. The van der Waals surface area contributed by atoms with Gasteiger partial charge in [-0.2, -0.15) is 0 Å². The largest absolute Gasteiger partial charge is 0.633 e. The van der Waals surface area contributed by atoms with E-state index in [-0.39, 0.29) is 36.7 Å². The van der Waals surface area contributed by atoms with Crippen molar-refractivity contribution in [2.75, 3.05) is 0 Å². The van der Waals surface area contributed by atoms with Gasteiger partial charge in [-0.25, -0.2) is 4.98 Å². The van der Waals surface area contributed by atoms with Crippen LogP contribution >= 0.6 is 0 Å². The van der Waals surface area contributed by atoms with Gasteiger partial charge >= 0.3 is 6.75 Å². The quantitative estimate of drug-likeness (QED) is 0.507. The molecule has 4 rings (SSSR count). The lowest BCUT2D eigenvalue weighted by Gasteiger charge is -2.43. The summed E-state index contributed by atoms with van der Waals surface area (Å²) in [4.78, 5) is 58.7. The van der Waals surface area contributed by atoms with E-state index in [0.29, 0.717) is 6.42 Å². The van der Waals surface area contributed by atoms with E-state index in [4.69, 9.17) is 14.0 Å². The van der Waals surface area contributed by atoms with E-state index >= 15 is 0 Å². The first kappa shape index (κ1) is 24.5. The summed E-state index contributed by atoms with van der Waals surface area (Å²) in [6.07, 6.45) is 3.46. The summed E-state index contributed by atoms with van der Waals surface area (Å²) in [7, 11) is 0. The summed E-state index contributed by atoms with van der Waals surface area (Å²) in [6, 6.07) is 8.37. The second-order valence-corrected chi connectivity index (χ2v) is 9.32. The van der Waals surface area contributed by atoms with Crippen molar-refractivity contribution in [1.29, 1.82) is 0 Å². The molecule has 10 nitrogen and oxygen atoms in total. The number of ketones is 1. The fourth-order valence-corrected chi connectivity index (χ4v) is 4.56. The maximum atomic E-state index is 13.6. The van der Waals surface area contributed by atoms with Gasteiger partial charge < -0.3 is 19.3 Å². The zero-order valence-corrected chi connectivity index (χ0v) is 19.6. The van der Waals surface area contributed by atoms with Crippen LogP contribution in [-0.2, 0) is 34.8 Å². The van der Waals surface area contributed by atoms with Crippen molar-refractivity contribution < 1.29 is 33.1 Å².